The maximum absolute atomic E-state index is 13.0. The largest absolute Gasteiger partial charge is 0.490 e. The van der Waals surface area contributed by atoms with Gasteiger partial charge in [-0.25, -0.2) is 0 Å². The van der Waals surface area contributed by atoms with Crippen LogP contribution < -0.4 is 4.74 Å². The zero-order chi connectivity index (χ0) is 22.3. The van der Waals surface area contributed by atoms with Crippen molar-refractivity contribution in [3.63, 3.8) is 0 Å². The molecule has 7 heteroatoms. The van der Waals surface area contributed by atoms with Crippen molar-refractivity contribution in [1.29, 1.82) is 0 Å². The van der Waals surface area contributed by atoms with Crippen LogP contribution in [0.3, 0.4) is 0 Å². The number of pyridine rings is 1. The maximum atomic E-state index is 13.0. The summed E-state index contributed by atoms with van der Waals surface area (Å²) >= 11 is 6.00. The first kappa shape index (κ1) is 22.6. The molecule has 2 fully saturated rings. The van der Waals surface area contributed by atoms with Gasteiger partial charge >= 0.3 is 0 Å². The van der Waals surface area contributed by atoms with E-state index in [1.165, 1.54) is 6.42 Å². The quantitative estimate of drug-likeness (QED) is 0.661. The Kier molecular flexibility index (Phi) is 7.63. The van der Waals surface area contributed by atoms with Gasteiger partial charge in [0.1, 0.15) is 11.9 Å². The number of carbonyl (C=O) groups excluding carboxylic acids is 2. The minimum absolute atomic E-state index is 0.0493. The summed E-state index contributed by atoms with van der Waals surface area (Å²) in [5, 5.41) is 0.657. The van der Waals surface area contributed by atoms with Crippen molar-refractivity contribution < 1.29 is 14.3 Å². The first-order valence-corrected chi connectivity index (χ1v) is 11.8. The van der Waals surface area contributed by atoms with Crippen LogP contribution in [0.15, 0.2) is 48.8 Å². The minimum Gasteiger partial charge on any atom is -0.490 e. The van der Waals surface area contributed by atoms with Crippen molar-refractivity contribution in [2.45, 2.75) is 44.6 Å². The van der Waals surface area contributed by atoms with Crippen LogP contribution >= 0.6 is 11.6 Å². The first-order chi connectivity index (χ1) is 15.6. The Morgan fingerprint density at radius 2 is 1.78 bits per heavy atom. The van der Waals surface area contributed by atoms with E-state index in [1.807, 2.05) is 34.1 Å². The molecule has 2 atom stereocenters. The Morgan fingerprint density at radius 1 is 1.00 bits per heavy atom. The molecule has 0 aliphatic carbocycles. The molecular weight excluding hydrogens is 426 g/mol. The van der Waals surface area contributed by atoms with Crippen molar-refractivity contribution in [2.75, 3.05) is 26.2 Å². The fraction of sp³-hybridized carbons (Fsp3) is 0.480. The highest BCUT2D eigenvalue weighted by atomic mass is 35.5. The Balaban J connectivity index is 1.44. The number of aromatic nitrogens is 1. The molecule has 0 N–H and O–H groups in total. The van der Waals surface area contributed by atoms with Crippen molar-refractivity contribution >= 4 is 23.4 Å². The van der Waals surface area contributed by atoms with Gasteiger partial charge in [-0.15, -0.1) is 0 Å². The number of rotatable bonds is 6. The number of ether oxygens (including phenoxy) is 1. The van der Waals surface area contributed by atoms with Gasteiger partial charge in [0.05, 0.1) is 6.42 Å². The van der Waals surface area contributed by atoms with Gasteiger partial charge in [0.2, 0.25) is 11.8 Å². The lowest BCUT2D eigenvalue weighted by molar-refractivity contribution is -0.139. The molecule has 2 aliphatic heterocycles. The highest BCUT2D eigenvalue weighted by Gasteiger charge is 2.35. The molecule has 2 amide bonds. The SMILES string of the molecule is O=C(C[C@H]1CN(C(=O)Cc2cccnc2)CC[C@@H]1Oc1ccc(Cl)cc1)N1CCCCC1. The third-order valence-corrected chi connectivity index (χ3v) is 6.59. The summed E-state index contributed by atoms with van der Waals surface area (Å²) in [5.41, 5.74) is 0.901. The van der Waals surface area contributed by atoms with E-state index in [9.17, 15) is 9.59 Å². The summed E-state index contributed by atoms with van der Waals surface area (Å²) in [6.07, 6.45) is 8.05. The van der Waals surface area contributed by atoms with Crippen LogP contribution in [-0.2, 0) is 16.0 Å². The van der Waals surface area contributed by atoms with Crippen LogP contribution in [0.1, 0.15) is 37.7 Å². The van der Waals surface area contributed by atoms with Gasteiger partial charge in [-0.2, -0.15) is 0 Å². The van der Waals surface area contributed by atoms with Crippen molar-refractivity contribution in [1.82, 2.24) is 14.8 Å². The van der Waals surface area contributed by atoms with E-state index in [4.69, 9.17) is 16.3 Å². The molecule has 6 nitrogen and oxygen atoms in total. The topological polar surface area (TPSA) is 62.7 Å². The molecule has 2 aromatic rings. The lowest BCUT2D eigenvalue weighted by Gasteiger charge is -2.39. The average Bonchev–Trinajstić information content (AvgIpc) is 2.82. The van der Waals surface area contributed by atoms with E-state index in [-0.39, 0.29) is 23.8 Å². The molecule has 0 unspecified atom stereocenters. The maximum Gasteiger partial charge on any atom is 0.227 e. The standard InChI is InChI=1S/C25H30ClN3O3/c26-21-6-8-22(9-7-21)32-23-10-14-29(24(30)15-19-5-4-11-27-17-19)18-20(23)16-25(31)28-12-2-1-3-13-28/h4-9,11,17,20,23H,1-3,10,12-16,18H2/t20-,23-/m0/s1. The lowest BCUT2D eigenvalue weighted by Crippen LogP contribution is -2.50. The number of halogens is 1. The molecule has 0 spiro atoms. The first-order valence-electron chi connectivity index (χ1n) is 11.4. The summed E-state index contributed by atoms with van der Waals surface area (Å²) in [5.74, 6) is 0.927. The Labute approximate surface area is 194 Å². The smallest absolute Gasteiger partial charge is 0.227 e. The molecule has 0 saturated carbocycles. The van der Waals surface area contributed by atoms with Crippen molar-refractivity contribution in [3.05, 3.63) is 59.4 Å². The van der Waals surface area contributed by atoms with Gasteiger partial charge in [0.25, 0.3) is 0 Å². The second-order valence-electron chi connectivity index (χ2n) is 8.68. The van der Waals surface area contributed by atoms with E-state index in [1.54, 1.807) is 24.5 Å². The monoisotopic (exact) mass is 455 g/mol. The highest BCUT2D eigenvalue weighted by molar-refractivity contribution is 6.30. The summed E-state index contributed by atoms with van der Waals surface area (Å²) in [6.45, 7) is 2.80. The number of hydrogen-bond donors (Lipinski definition) is 0. The summed E-state index contributed by atoms with van der Waals surface area (Å²) < 4.78 is 6.28. The van der Waals surface area contributed by atoms with Gasteiger partial charge in [-0.3, -0.25) is 14.6 Å². The summed E-state index contributed by atoms with van der Waals surface area (Å²) in [7, 11) is 0. The zero-order valence-electron chi connectivity index (χ0n) is 18.3. The fourth-order valence-corrected chi connectivity index (χ4v) is 4.69. The van der Waals surface area contributed by atoms with Crippen LogP contribution in [0.25, 0.3) is 0 Å². The highest BCUT2D eigenvalue weighted by Crippen LogP contribution is 2.28. The molecule has 3 heterocycles. The van der Waals surface area contributed by atoms with Crippen molar-refractivity contribution in [3.8, 4) is 5.75 Å². The molecule has 1 aromatic heterocycles. The van der Waals surface area contributed by atoms with E-state index in [0.717, 1.165) is 37.2 Å². The number of benzene rings is 1. The van der Waals surface area contributed by atoms with Crippen LogP contribution in [0.4, 0.5) is 0 Å². The Morgan fingerprint density at radius 3 is 2.50 bits per heavy atom. The number of likely N-dealkylation sites (tertiary alicyclic amines) is 2. The summed E-state index contributed by atoms with van der Waals surface area (Å²) in [6, 6.07) is 11.1. The summed E-state index contributed by atoms with van der Waals surface area (Å²) in [4.78, 5) is 33.9. The number of piperidine rings is 2. The normalized spacial score (nSPS) is 21.3. The van der Waals surface area contributed by atoms with Crippen LogP contribution in [0.5, 0.6) is 5.75 Å². The molecular formula is C25H30ClN3O3. The number of amides is 2. The molecule has 4 rings (SSSR count). The predicted molar refractivity (Wildman–Crippen MR) is 124 cm³/mol. The molecule has 2 saturated heterocycles. The molecule has 2 aliphatic rings. The lowest BCUT2D eigenvalue weighted by atomic mass is 9.90. The van der Waals surface area contributed by atoms with Gasteiger partial charge in [-0.05, 0) is 55.2 Å². The minimum atomic E-state index is -0.118. The number of carbonyl (C=O) groups is 2. The van der Waals surface area contributed by atoms with Crippen LogP contribution in [-0.4, -0.2) is 58.9 Å². The van der Waals surface area contributed by atoms with Gasteiger partial charge in [0, 0.05) is 62.4 Å². The van der Waals surface area contributed by atoms with Gasteiger partial charge < -0.3 is 14.5 Å². The molecule has 0 radical (unpaired) electrons. The molecule has 0 bridgehead atoms. The Bertz CT molecular complexity index is 900. The fourth-order valence-electron chi connectivity index (χ4n) is 4.56. The second-order valence-corrected chi connectivity index (χ2v) is 9.12. The van der Waals surface area contributed by atoms with Gasteiger partial charge in [-0.1, -0.05) is 17.7 Å². The van der Waals surface area contributed by atoms with E-state index < -0.39 is 0 Å². The second kappa shape index (κ2) is 10.8. The van der Waals surface area contributed by atoms with Gasteiger partial charge in [0.15, 0.2) is 0 Å². The van der Waals surface area contributed by atoms with E-state index in [2.05, 4.69) is 4.98 Å². The van der Waals surface area contributed by atoms with Crippen LogP contribution in [0, 0.1) is 5.92 Å². The number of nitrogens with zero attached hydrogens (tertiary/aromatic N) is 3. The van der Waals surface area contributed by atoms with E-state index >= 15 is 0 Å². The number of hydrogen-bond acceptors (Lipinski definition) is 4. The predicted octanol–water partition coefficient (Wildman–Crippen LogP) is 3.98. The zero-order valence-corrected chi connectivity index (χ0v) is 19.0. The third-order valence-electron chi connectivity index (χ3n) is 6.34. The molecule has 32 heavy (non-hydrogen) atoms. The molecule has 1 aromatic carbocycles. The van der Waals surface area contributed by atoms with Crippen LogP contribution in [0.2, 0.25) is 5.02 Å². The Hall–Kier alpha value is -2.60. The average molecular weight is 456 g/mol. The van der Waals surface area contributed by atoms with E-state index in [0.29, 0.717) is 37.4 Å². The van der Waals surface area contributed by atoms with Crippen molar-refractivity contribution in [2.24, 2.45) is 5.92 Å². The third kappa shape index (κ3) is 6.00. The molecule has 170 valence electrons.